The van der Waals surface area contributed by atoms with Gasteiger partial charge < -0.3 is 28.9 Å². The Morgan fingerprint density at radius 1 is 0.655 bits per heavy atom. The Balaban J connectivity index is -0.000000146. The Morgan fingerprint density at radius 2 is 0.793 bits per heavy atom. The molecule has 0 saturated heterocycles. The number of phosphoric acid groups is 1. The molecule has 0 radical (unpaired) electrons. The van der Waals surface area contributed by atoms with Gasteiger partial charge in [0.1, 0.15) is 0 Å². The van der Waals surface area contributed by atoms with Crippen molar-refractivity contribution in [3.05, 3.63) is 75.0 Å². The van der Waals surface area contributed by atoms with Crippen LogP contribution in [0.3, 0.4) is 0 Å². The first-order valence-electron chi connectivity index (χ1n) is 7.25. The molecule has 0 saturated carbocycles. The van der Waals surface area contributed by atoms with Crippen LogP contribution < -0.4 is 0 Å². The van der Waals surface area contributed by atoms with E-state index in [1.165, 1.54) is 0 Å². The molecule has 11 heteroatoms. The Bertz CT molecular complexity index is 586. The Hall–Kier alpha value is -3.04. The zero-order chi connectivity index (χ0) is 24.2. The van der Waals surface area contributed by atoms with Crippen LogP contribution in [0.2, 0.25) is 0 Å². The molecule has 0 aliphatic rings. The second-order valence-electron chi connectivity index (χ2n) is 4.57. The van der Waals surface area contributed by atoms with Crippen molar-refractivity contribution < 1.29 is 47.8 Å². The first-order valence-corrected chi connectivity index (χ1v) is 8.81. The summed E-state index contributed by atoms with van der Waals surface area (Å²) in [5, 5.41) is 0. The zero-order valence-corrected chi connectivity index (χ0v) is 17.5. The molecule has 0 fully saturated rings. The summed E-state index contributed by atoms with van der Waals surface area (Å²) in [5.74, 6) is -1.29. The van der Waals surface area contributed by atoms with E-state index in [2.05, 4.69) is 53.7 Å². The minimum atomic E-state index is -4.64. The predicted molar refractivity (Wildman–Crippen MR) is 108 cm³/mol. The average molecular weight is 434 g/mol. The van der Waals surface area contributed by atoms with Crippen LogP contribution in [0.1, 0.15) is 20.8 Å². The molecule has 164 valence electrons. The smallest absolute Gasteiger partial charge is 0.432 e. The lowest BCUT2D eigenvalue weighted by Gasteiger charge is -1.92. The normalized spacial score (nSPS) is 8.34. The lowest BCUT2D eigenvalue weighted by Crippen LogP contribution is -1.98. The molecule has 0 aromatic heterocycles. The summed E-state index contributed by atoms with van der Waals surface area (Å²) in [4.78, 5) is 52.6. The lowest BCUT2D eigenvalue weighted by molar-refractivity contribution is -0.134. The third-order valence-corrected chi connectivity index (χ3v) is 1.62. The maximum absolute atomic E-state index is 10.3. The highest BCUT2D eigenvalue weighted by Gasteiger charge is 2.00. The van der Waals surface area contributed by atoms with Crippen LogP contribution in [-0.4, -0.2) is 32.6 Å². The second-order valence-corrected chi connectivity index (χ2v) is 5.60. The van der Waals surface area contributed by atoms with E-state index in [1.807, 2.05) is 0 Å². The number of hydrogen-bond donors (Lipinski definition) is 3. The van der Waals surface area contributed by atoms with Crippen LogP contribution in [0.4, 0.5) is 0 Å². The SMILES string of the molecule is C=COC(=O)C(=C)C.C=COC(=O)C(=C)C.C=COC(=O)C(=C)C.O=P(O)(O)O. The number of carbonyl (C=O) groups is 3. The van der Waals surface area contributed by atoms with Gasteiger partial charge in [-0.2, -0.15) is 0 Å². The minimum Gasteiger partial charge on any atom is -0.432 e. The molecule has 10 nitrogen and oxygen atoms in total. The van der Waals surface area contributed by atoms with E-state index in [9.17, 15) is 14.4 Å². The van der Waals surface area contributed by atoms with Crippen LogP contribution in [0.15, 0.2) is 75.0 Å². The van der Waals surface area contributed by atoms with E-state index in [0.29, 0.717) is 16.7 Å². The molecule has 0 amide bonds. The van der Waals surface area contributed by atoms with E-state index in [4.69, 9.17) is 19.2 Å². The van der Waals surface area contributed by atoms with Gasteiger partial charge in [-0.05, 0) is 20.8 Å². The molecule has 0 spiro atoms. The van der Waals surface area contributed by atoms with Crippen molar-refractivity contribution >= 4 is 25.7 Å². The molecular weight excluding hydrogens is 407 g/mol. The van der Waals surface area contributed by atoms with Crippen LogP contribution in [0.5, 0.6) is 0 Å². The largest absolute Gasteiger partial charge is 0.466 e. The second kappa shape index (κ2) is 19.7. The van der Waals surface area contributed by atoms with Crippen molar-refractivity contribution in [1.29, 1.82) is 0 Å². The van der Waals surface area contributed by atoms with Crippen LogP contribution in [-0.2, 0) is 33.2 Å². The summed E-state index contributed by atoms with van der Waals surface area (Å²) in [6, 6.07) is 0. The van der Waals surface area contributed by atoms with Gasteiger partial charge in [-0.15, -0.1) is 0 Å². The first-order chi connectivity index (χ1) is 13.0. The fourth-order valence-corrected chi connectivity index (χ4v) is 0.529. The van der Waals surface area contributed by atoms with Crippen molar-refractivity contribution in [2.75, 3.05) is 0 Å². The Labute approximate surface area is 170 Å². The van der Waals surface area contributed by atoms with Gasteiger partial charge in [-0.1, -0.05) is 39.5 Å². The van der Waals surface area contributed by atoms with E-state index < -0.39 is 25.7 Å². The molecule has 0 atom stereocenters. The van der Waals surface area contributed by atoms with Gasteiger partial charge in [0.25, 0.3) is 0 Å². The van der Waals surface area contributed by atoms with Gasteiger partial charge in [0.05, 0.1) is 18.8 Å². The molecular formula is C18H27O10P. The van der Waals surface area contributed by atoms with E-state index in [-0.39, 0.29) is 0 Å². The maximum Gasteiger partial charge on any atom is 0.466 e. The summed E-state index contributed by atoms with van der Waals surface area (Å²) in [7, 11) is -4.64. The third-order valence-electron chi connectivity index (χ3n) is 1.62. The monoisotopic (exact) mass is 434 g/mol. The van der Waals surface area contributed by atoms with Gasteiger partial charge >= 0.3 is 25.7 Å². The minimum absolute atomic E-state index is 0.380. The fourth-order valence-electron chi connectivity index (χ4n) is 0.529. The van der Waals surface area contributed by atoms with Crippen LogP contribution in [0.25, 0.3) is 0 Å². The van der Waals surface area contributed by atoms with Crippen LogP contribution in [0, 0.1) is 0 Å². The molecule has 3 N–H and O–H groups in total. The highest BCUT2D eigenvalue weighted by molar-refractivity contribution is 7.45. The number of carbonyl (C=O) groups excluding carboxylic acids is 3. The van der Waals surface area contributed by atoms with Gasteiger partial charge in [-0.25, -0.2) is 18.9 Å². The van der Waals surface area contributed by atoms with Gasteiger partial charge in [0.2, 0.25) is 0 Å². The predicted octanol–water partition coefficient (Wildman–Crippen LogP) is 2.82. The van der Waals surface area contributed by atoms with Crippen molar-refractivity contribution in [2.45, 2.75) is 20.8 Å². The summed E-state index contributed by atoms with van der Waals surface area (Å²) < 4.78 is 21.9. The third kappa shape index (κ3) is 40.8. The summed E-state index contributed by atoms with van der Waals surface area (Å²) in [5.41, 5.74) is 1.14. The molecule has 0 unspecified atom stereocenters. The fraction of sp³-hybridized carbons (Fsp3) is 0.167. The molecule has 0 rings (SSSR count). The van der Waals surface area contributed by atoms with Gasteiger partial charge in [0, 0.05) is 16.7 Å². The summed E-state index contributed by atoms with van der Waals surface area (Å²) in [6.07, 6.45) is 3.24. The van der Waals surface area contributed by atoms with E-state index in [0.717, 1.165) is 18.8 Å². The highest BCUT2D eigenvalue weighted by Crippen LogP contribution is 2.25. The van der Waals surface area contributed by atoms with E-state index in [1.54, 1.807) is 20.8 Å². The zero-order valence-electron chi connectivity index (χ0n) is 16.6. The van der Waals surface area contributed by atoms with E-state index >= 15 is 0 Å². The first kappa shape index (κ1) is 33.5. The Kier molecular flexibility index (Phi) is 22.8. The molecule has 0 bridgehead atoms. The van der Waals surface area contributed by atoms with Crippen molar-refractivity contribution in [1.82, 2.24) is 0 Å². The lowest BCUT2D eigenvalue weighted by atomic mass is 10.4. The number of rotatable bonds is 6. The number of hydrogen-bond acceptors (Lipinski definition) is 7. The quantitative estimate of drug-likeness (QED) is 0.187. The van der Waals surface area contributed by atoms with Crippen molar-refractivity contribution in [3.8, 4) is 0 Å². The molecule has 0 aromatic carbocycles. The van der Waals surface area contributed by atoms with Crippen molar-refractivity contribution in [2.24, 2.45) is 0 Å². The van der Waals surface area contributed by atoms with Gasteiger partial charge in [-0.3, -0.25) is 0 Å². The summed E-state index contributed by atoms with van der Waals surface area (Å²) in [6.45, 7) is 24.4. The average Bonchev–Trinajstić information content (AvgIpc) is 2.55. The van der Waals surface area contributed by atoms with Gasteiger partial charge in [0.15, 0.2) is 0 Å². The molecule has 29 heavy (non-hydrogen) atoms. The number of ether oxygens (including phenoxy) is 3. The maximum atomic E-state index is 10.3. The van der Waals surface area contributed by atoms with Crippen molar-refractivity contribution in [3.63, 3.8) is 0 Å². The van der Waals surface area contributed by atoms with Crippen LogP contribution >= 0.6 is 7.82 Å². The summed E-state index contributed by atoms with van der Waals surface area (Å²) >= 11 is 0. The highest BCUT2D eigenvalue weighted by atomic mass is 31.2. The molecule has 0 aliphatic heterocycles. The molecule has 0 aromatic rings. The molecule has 0 heterocycles. The number of esters is 3. The standard InChI is InChI=1S/3C6H8O2.H3O4P/c3*1-4-8-6(7)5(2)3;1-5(2,3)4/h3*4H,1-2H2,3H3;(H3,1,2,3,4). The molecule has 0 aliphatic carbocycles. The Morgan fingerprint density at radius 3 is 0.828 bits per heavy atom. The topological polar surface area (TPSA) is 157 Å².